The molecular formula is C31H31F4N9O. The van der Waals surface area contributed by atoms with Gasteiger partial charge in [-0.3, -0.25) is 9.80 Å². The molecule has 2 aliphatic rings. The molecule has 5 heterocycles. The van der Waals surface area contributed by atoms with Crippen molar-refractivity contribution in [2.24, 2.45) is 5.92 Å². The minimum Gasteiger partial charge on any atom is -0.461 e. The largest absolute Gasteiger partial charge is 0.461 e. The normalized spacial score (nSPS) is 19.0. The number of nitrogens with two attached hydrogens (primary N) is 1. The number of fused-ring (bicyclic) bond motifs is 2. The summed E-state index contributed by atoms with van der Waals surface area (Å²) in [7, 11) is 0. The molecule has 10 nitrogen and oxygen atoms in total. The van der Waals surface area contributed by atoms with Gasteiger partial charge >= 0.3 is 0 Å². The molecule has 0 aliphatic carbocycles. The molecule has 2 aromatic carbocycles. The molecule has 234 valence electrons. The van der Waals surface area contributed by atoms with E-state index in [1.165, 1.54) is 40.9 Å². The molecule has 2 atom stereocenters. The highest BCUT2D eigenvalue weighted by atomic mass is 19.1. The minimum absolute atomic E-state index is 0.106. The molecule has 0 spiro atoms. The lowest BCUT2D eigenvalue weighted by Crippen LogP contribution is -2.57. The van der Waals surface area contributed by atoms with Crippen LogP contribution in [-0.2, 0) is 13.1 Å². The number of benzene rings is 2. The van der Waals surface area contributed by atoms with Gasteiger partial charge in [-0.2, -0.15) is 19.5 Å². The summed E-state index contributed by atoms with van der Waals surface area (Å²) in [6, 6.07) is 11.1. The Hall–Kier alpha value is -4.56. The lowest BCUT2D eigenvalue weighted by molar-refractivity contribution is 0.0712. The number of rotatable bonds is 8. The molecule has 14 heteroatoms. The van der Waals surface area contributed by atoms with Gasteiger partial charge in [0, 0.05) is 63.0 Å². The number of hydrogen-bond acceptors (Lipinski definition) is 9. The van der Waals surface area contributed by atoms with Gasteiger partial charge in [0.25, 0.3) is 5.78 Å². The Morgan fingerprint density at radius 2 is 1.51 bits per heavy atom. The Morgan fingerprint density at radius 1 is 0.822 bits per heavy atom. The van der Waals surface area contributed by atoms with E-state index in [9.17, 15) is 17.6 Å². The van der Waals surface area contributed by atoms with Gasteiger partial charge in [-0.15, -0.1) is 5.10 Å². The van der Waals surface area contributed by atoms with Crippen LogP contribution in [0.2, 0.25) is 0 Å². The number of anilines is 2. The van der Waals surface area contributed by atoms with Crippen molar-refractivity contribution in [1.82, 2.24) is 34.4 Å². The van der Waals surface area contributed by atoms with Crippen LogP contribution < -0.4 is 10.6 Å². The highest BCUT2D eigenvalue weighted by Gasteiger charge is 2.35. The van der Waals surface area contributed by atoms with Crippen molar-refractivity contribution < 1.29 is 22.0 Å². The summed E-state index contributed by atoms with van der Waals surface area (Å²) < 4.78 is 65.2. The molecule has 7 rings (SSSR count). The predicted octanol–water partition coefficient (Wildman–Crippen LogP) is 4.52. The average molecular weight is 622 g/mol. The van der Waals surface area contributed by atoms with Crippen LogP contribution in [0, 0.1) is 29.2 Å². The van der Waals surface area contributed by atoms with E-state index >= 15 is 0 Å². The molecule has 3 aromatic heterocycles. The van der Waals surface area contributed by atoms with Gasteiger partial charge in [0.15, 0.2) is 5.76 Å². The topological polar surface area (TPSA) is 105 Å². The zero-order chi connectivity index (χ0) is 31.1. The van der Waals surface area contributed by atoms with Crippen molar-refractivity contribution in [2.45, 2.75) is 32.0 Å². The summed E-state index contributed by atoms with van der Waals surface area (Å²) in [5.74, 6) is -0.749. The van der Waals surface area contributed by atoms with Gasteiger partial charge in [0.1, 0.15) is 23.3 Å². The Balaban J connectivity index is 1.04. The standard InChI is InChI=1S/C31H31F4N9O/c32-23-4-1-5-24(33)21(23)17-41(18-22-25(34)6-2-7-26(22)35)14-19-9-10-20-16-43(12-11-42(20)15-19)30-38-29(36)44-31(39-30)37-28(40-44)27-8-3-13-45-27/h1-8,13,19-20H,9-12,14-18H2,(H2,36,37,38,39,40). The third kappa shape index (κ3) is 5.94. The SMILES string of the molecule is Nc1nc(N2CCN3CC(CN(Cc4c(F)cccc4F)Cc4c(F)cccc4F)CCC3C2)nc2nc(-c3ccco3)nn12. The van der Waals surface area contributed by atoms with E-state index in [1.54, 1.807) is 23.3 Å². The number of hydrogen-bond donors (Lipinski definition) is 1. The summed E-state index contributed by atoms with van der Waals surface area (Å²) in [6.07, 6.45) is 3.24. The monoisotopic (exact) mass is 621 g/mol. The van der Waals surface area contributed by atoms with E-state index in [-0.39, 0.29) is 42.1 Å². The van der Waals surface area contributed by atoms with Crippen LogP contribution in [0.5, 0.6) is 0 Å². The minimum atomic E-state index is -0.682. The number of halogens is 4. The van der Waals surface area contributed by atoms with Gasteiger partial charge < -0.3 is 15.1 Å². The Kier molecular flexibility index (Phi) is 7.83. The van der Waals surface area contributed by atoms with Crippen molar-refractivity contribution in [3.8, 4) is 11.6 Å². The molecule has 2 N–H and O–H groups in total. The maximum absolute atomic E-state index is 14.6. The molecule has 45 heavy (non-hydrogen) atoms. The number of aromatic nitrogens is 5. The molecule has 0 amide bonds. The second-order valence-electron chi connectivity index (χ2n) is 11.6. The van der Waals surface area contributed by atoms with E-state index in [0.717, 1.165) is 25.9 Å². The molecule has 2 fully saturated rings. The molecule has 2 aliphatic heterocycles. The number of nitrogens with zero attached hydrogens (tertiary/aromatic N) is 8. The Morgan fingerprint density at radius 3 is 2.16 bits per heavy atom. The van der Waals surface area contributed by atoms with Crippen molar-refractivity contribution in [1.29, 1.82) is 0 Å². The van der Waals surface area contributed by atoms with Crippen LogP contribution >= 0.6 is 0 Å². The summed E-state index contributed by atoms with van der Waals surface area (Å²) in [6.45, 7) is 3.04. The number of nitrogen functional groups attached to an aromatic ring is 1. The van der Waals surface area contributed by atoms with Crippen molar-refractivity contribution in [3.63, 3.8) is 0 Å². The summed E-state index contributed by atoms with van der Waals surface area (Å²) >= 11 is 0. The third-order valence-electron chi connectivity index (χ3n) is 8.65. The molecule has 0 bridgehead atoms. The number of piperidine rings is 1. The van der Waals surface area contributed by atoms with Crippen molar-refractivity contribution >= 4 is 17.7 Å². The highest BCUT2D eigenvalue weighted by molar-refractivity contribution is 5.53. The van der Waals surface area contributed by atoms with Gasteiger partial charge in [0.05, 0.1) is 6.26 Å². The fourth-order valence-electron chi connectivity index (χ4n) is 6.40. The number of furan rings is 1. The van der Waals surface area contributed by atoms with Crippen LogP contribution in [0.25, 0.3) is 17.4 Å². The van der Waals surface area contributed by atoms with Gasteiger partial charge in [-0.05, 0) is 55.2 Å². The van der Waals surface area contributed by atoms with E-state index in [4.69, 9.17) is 10.2 Å². The fourth-order valence-corrected chi connectivity index (χ4v) is 6.40. The average Bonchev–Trinajstić information content (AvgIpc) is 3.71. The molecule has 5 aromatic rings. The van der Waals surface area contributed by atoms with Crippen LogP contribution in [0.4, 0.5) is 29.5 Å². The lowest BCUT2D eigenvalue weighted by atomic mass is 9.90. The predicted molar refractivity (Wildman–Crippen MR) is 158 cm³/mol. The van der Waals surface area contributed by atoms with Crippen LogP contribution in [0.3, 0.4) is 0 Å². The first-order valence-electron chi connectivity index (χ1n) is 14.8. The fraction of sp³-hybridized carbons (Fsp3) is 0.355. The van der Waals surface area contributed by atoms with E-state index in [2.05, 4.69) is 29.9 Å². The lowest BCUT2D eigenvalue weighted by Gasteiger charge is -2.47. The number of piperazine rings is 1. The summed E-state index contributed by atoms with van der Waals surface area (Å²) in [5.41, 5.74) is 5.99. The van der Waals surface area contributed by atoms with Gasteiger partial charge in [0.2, 0.25) is 17.7 Å². The first-order valence-corrected chi connectivity index (χ1v) is 14.8. The first-order chi connectivity index (χ1) is 21.8. The maximum atomic E-state index is 14.6. The van der Waals surface area contributed by atoms with Crippen LogP contribution in [-0.4, -0.2) is 73.1 Å². The van der Waals surface area contributed by atoms with Crippen LogP contribution in [0.15, 0.2) is 59.2 Å². The summed E-state index contributed by atoms with van der Waals surface area (Å²) in [5, 5.41) is 4.36. The van der Waals surface area contributed by atoms with Gasteiger partial charge in [-0.25, -0.2) is 17.6 Å². The molecule has 0 saturated carbocycles. The van der Waals surface area contributed by atoms with E-state index < -0.39 is 23.3 Å². The zero-order valence-corrected chi connectivity index (χ0v) is 24.3. The van der Waals surface area contributed by atoms with Crippen molar-refractivity contribution in [2.75, 3.05) is 43.4 Å². The van der Waals surface area contributed by atoms with Crippen LogP contribution in [0.1, 0.15) is 24.0 Å². The maximum Gasteiger partial charge on any atom is 0.259 e. The first kappa shape index (κ1) is 29.2. The summed E-state index contributed by atoms with van der Waals surface area (Å²) in [4.78, 5) is 19.8. The quantitative estimate of drug-likeness (QED) is 0.251. The second-order valence-corrected chi connectivity index (χ2v) is 11.6. The smallest absolute Gasteiger partial charge is 0.259 e. The van der Waals surface area contributed by atoms with Gasteiger partial charge in [-0.1, -0.05) is 12.1 Å². The Labute approximate surface area is 256 Å². The van der Waals surface area contributed by atoms with E-state index in [1.807, 2.05) is 0 Å². The third-order valence-corrected chi connectivity index (χ3v) is 8.65. The molecule has 2 unspecified atom stereocenters. The highest BCUT2D eigenvalue weighted by Crippen LogP contribution is 2.29. The zero-order valence-electron chi connectivity index (χ0n) is 24.3. The van der Waals surface area contributed by atoms with E-state index in [0.29, 0.717) is 42.9 Å². The molecule has 0 radical (unpaired) electrons. The second kappa shape index (κ2) is 12.1. The molecule has 2 saturated heterocycles. The molecular weight excluding hydrogens is 590 g/mol. The van der Waals surface area contributed by atoms with Crippen molar-refractivity contribution in [3.05, 3.63) is 89.2 Å². The Bertz CT molecular complexity index is 1720.